The van der Waals surface area contributed by atoms with Gasteiger partial charge >= 0.3 is 6.18 Å². The Labute approximate surface area is 69.9 Å². The van der Waals surface area contributed by atoms with E-state index in [0.29, 0.717) is 11.8 Å². The first-order valence-electron chi connectivity index (χ1n) is 2.94. The molecule has 0 atom stereocenters. The van der Waals surface area contributed by atoms with Crippen molar-refractivity contribution in [2.75, 3.05) is 12.3 Å². The fraction of sp³-hybridized carbons (Fsp3) is 0.600. The molecule has 7 heteroatoms. The zero-order chi connectivity index (χ0) is 9.35. The highest BCUT2D eigenvalue weighted by Gasteiger charge is 2.39. The first kappa shape index (κ1) is 9.37. The van der Waals surface area contributed by atoms with Crippen molar-refractivity contribution in [3.05, 3.63) is 0 Å². The third-order valence-electron chi connectivity index (χ3n) is 1.18. The molecule has 1 fully saturated rings. The Balaban J connectivity index is 2.62. The second-order valence-electron chi connectivity index (χ2n) is 2.15. The third-order valence-corrected chi connectivity index (χ3v) is 2.04. The van der Waals surface area contributed by atoms with E-state index in [-0.39, 0.29) is 10.7 Å². The van der Waals surface area contributed by atoms with Crippen molar-refractivity contribution in [2.45, 2.75) is 6.18 Å². The molecule has 0 aromatic rings. The SMILES string of the molecule is O=C1CSC(=O)N1CC(F)(F)F. The highest BCUT2D eigenvalue weighted by molar-refractivity contribution is 8.14. The molecule has 0 unspecified atom stereocenters. The van der Waals surface area contributed by atoms with Crippen LogP contribution in [0.25, 0.3) is 0 Å². The van der Waals surface area contributed by atoms with Crippen LogP contribution < -0.4 is 0 Å². The van der Waals surface area contributed by atoms with Gasteiger partial charge in [0.2, 0.25) is 5.91 Å². The number of amides is 2. The van der Waals surface area contributed by atoms with Crippen LogP contribution in [0.2, 0.25) is 0 Å². The quantitative estimate of drug-likeness (QED) is 0.637. The molecule has 1 heterocycles. The van der Waals surface area contributed by atoms with Crippen LogP contribution in [0, 0.1) is 0 Å². The lowest BCUT2D eigenvalue weighted by Gasteiger charge is -2.14. The monoisotopic (exact) mass is 199 g/mol. The summed E-state index contributed by atoms with van der Waals surface area (Å²) in [6, 6.07) is 0. The van der Waals surface area contributed by atoms with Gasteiger partial charge in [-0.1, -0.05) is 11.8 Å². The average Bonchev–Trinajstić information content (AvgIpc) is 2.16. The van der Waals surface area contributed by atoms with Gasteiger partial charge in [-0.05, 0) is 0 Å². The topological polar surface area (TPSA) is 37.4 Å². The van der Waals surface area contributed by atoms with Gasteiger partial charge in [0.25, 0.3) is 5.24 Å². The highest BCUT2D eigenvalue weighted by Crippen LogP contribution is 2.24. The van der Waals surface area contributed by atoms with Gasteiger partial charge in [-0.25, -0.2) is 0 Å². The first-order chi connectivity index (χ1) is 5.40. The molecule has 12 heavy (non-hydrogen) atoms. The largest absolute Gasteiger partial charge is 0.406 e. The number of carbonyl (C=O) groups excluding carboxylic acids is 2. The summed E-state index contributed by atoms with van der Waals surface area (Å²) in [5.74, 6) is -0.961. The summed E-state index contributed by atoms with van der Waals surface area (Å²) >= 11 is 0.592. The number of hydrogen-bond acceptors (Lipinski definition) is 3. The smallest absolute Gasteiger partial charge is 0.273 e. The van der Waals surface area contributed by atoms with Gasteiger partial charge in [-0.2, -0.15) is 13.2 Å². The van der Waals surface area contributed by atoms with E-state index in [9.17, 15) is 22.8 Å². The van der Waals surface area contributed by atoms with E-state index in [0.717, 1.165) is 0 Å². The van der Waals surface area contributed by atoms with Gasteiger partial charge in [-0.15, -0.1) is 0 Å². The van der Waals surface area contributed by atoms with Gasteiger partial charge in [0, 0.05) is 0 Å². The van der Waals surface area contributed by atoms with Crippen LogP contribution in [0.4, 0.5) is 18.0 Å². The predicted octanol–water partition coefficient (Wildman–Crippen LogP) is 1.24. The summed E-state index contributed by atoms with van der Waals surface area (Å²) in [6.07, 6.45) is -4.50. The van der Waals surface area contributed by atoms with Crippen LogP contribution in [0.15, 0.2) is 0 Å². The van der Waals surface area contributed by atoms with Crippen molar-refractivity contribution < 1.29 is 22.8 Å². The number of halogens is 3. The lowest BCUT2D eigenvalue weighted by Crippen LogP contribution is -2.37. The first-order valence-corrected chi connectivity index (χ1v) is 3.92. The second kappa shape index (κ2) is 2.96. The molecule has 0 aliphatic carbocycles. The Kier molecular flexibility index (Phi) is 2.31. The average molecular weight is 199 g/mol. The van der Waals surface area contributed by atoms with Crippen molar-refractivity contribution in [3.63, 3.8) is 0 Å². The molecule has 0 N–H and O–H groups in total. The Morgan fingerprint density at radius 1 is 1.42 bits per heavy atom. The molecule has 0 aromatic heterocycles. The molecule has 1 rings (SSSR count). The number of thioether (sulfide) groups is 1. The van der Waals surface area contributed by atoms with Gasteiger partial charge in [-0.3, -0.25) is 14.5 Å². The zero-order valence-corrected chi connectivity index (χ0v) is 6.54. The summed E-state index contributed by atoms with van der Waals surface area (Å²) in [5.41, 5.74) is 0. The van der Waals surface area contributed by atoms with Crippen molar-refractivity contribution >= 4 is 22.9 Å². The number of alkyl halides is 3. The van der Waals surface area contributed by atoms with Crippen molar-refractivity contribution in [1.29, 1.82) is 0 Å². The van der Waals surface area contributed by atoms with Crippen LogP contribution in [0.3, 0.4) is 0 Å². The van der Waals surface area contributed by atoms with Gasteiger partial charge < -0.3 is 0 Å². The van der Waals surface area contributed by atoms with Crippen molar-refractivity contribution in [3.8, 4) is 0 Å². The maximum absolute atomic E-state index is 11.7. The molecular weight excluding hydrogens is 195 g/mol. The van der Waals surface area contributed by atoms with Gasteiger partial charge in [0.15, 0.2) is 0 Å². The number of hydrogen-bond donors (Lipinski definition) is 0. The molecule has 0 spiro atoms. The molecular formula is C5H4F3NO2S. The molecule has 0 radical (unpaired) electrons. The van der Waals surface area contributed by atoms with E-state index in [1.165, 1.54) is 0 Å². The number of rotatable bonds is 1. The highest BCUT2D eigenvalue weighted by atomic mass is 32.2. The molecule has 1 aliphatic rings. The molecule has 0 bridgehead atoms. The molecule has 2 amide bonds. The molecule has 0 aromatic carbocycles. The van der Waals surface area contributed by atoms with Crippen LogP contribution >= 0.6 is 11.8 Å². The van der Waals surface area contributed by atoms with Gasteiger partial charge in [0.05, 0.1) is 5.75 Å². The minimum atomic E-state index is -4.50. The normalized spacial score (nSPS) is 19.1. The van der Waals surface area contributed by atoms with Crippen LogP contribution in [-0.2, 0) is 4.79 Å². The summed E-state index contributed by atoms with van der Waals surface area (Å²) in [7, 11) is 0. The molecule has 68 valence electrons. The Bertz CT molecular complexity index is 211. The lowest BCUT2D eigenvalue weighted by molar-refractivity contribution is -0.151. The second-order valence-corrected chi connectivity index (χ2v) is 3.08. The number of imide groups is 1. The van der Waals surface area contributed by atoms with E-state index in [4.69, 9.17) is 0 Å². The van der Waals surface area contributed by atoms with E-state index < -0.39 is 23.9 Å². The van der Waals surface area contributed by atoms with Gasteiger partial charge in [0.1, 0.15) is 6.54 Å². The fourth-order valence-electron chi connectivity index (χ4n) is 0.713. The molecule has 1 saturated heterocycles. The number of carbonyl (C=O) groups is 2. The van der Waals surface area contributed by atoms with Crippen molar-refractivity contribution in [2.24, 2.45) is 0 Å². The number of nitrogens with zero attached hydrogens (tertiary/aromatic N) is 1. The lowest BCUT2D eigenvalue weighted by atomic mass is 10.5. The zero-order valence-electron chi connectivity index (χ0n) is 5.72. The Hall–Kier alpha value is -0.720. The van der Waals surface area contributed by atoms with E-state index in [1.807, 2.05) is 0 Å². The Morgan fingerprint density at radius 3 is 2.33 bits per heavy atom. The van der Waals surface area contributed by atoms with Crippen LogP contribution in [-0.4, -0.2) is 34.5 Å². The van der Waals surface area contributed by atoms with Crippen LogP contribution in [0.5, 0.6) is 0 Å². The van der Waals surface area contributed by atoms with Crippen molar-refractivity contribution in [1.82, 2.24) is 4.90 Å². The van der Waals surface area contributed by atoms with E-state index >= 15 is 0 Å². The molecule has 0 saturated carbocycles. The summed E-state index contributed by atoms with van der Waals surface area (Å²) in [6.45, 7) is -1.47. The van der Waals surface area contributed by atoms with E-state index in [1.54, 1.807) is 0 Å². The summed E-state index contributed by atoms with van der Waals surface area (Å²) in [5, 5.41) is -0.822. The minimum absolute atomic E-state index is 0.186. The minimum Gasteiger partial charge on any atom is -0.273 e. The predicted molar refractivity (Wildman–Crippen MR) is 35.6 cm³/mol. The Morgan fingerprint density at radius 2 is 2.00 bits per heavy atom. The summed E-state index contributed by atoms with van der Waals surface area (Å²) in [4.78, 5) is 21.5. The molecule has 3 nitrogen and oxygen atoms in total. The maximum Gasteiger partial charge on any atom is 0.406 e. The third kappa shape index (κ3) is 2.13. The standard InChI is InChI=1S/C5H4F3NO2S/c6-5(7,8)2-9-3(10)1-12-4(9)11/h1-2H2. The van der Waals surface area contributed by atoms with E-state index in [2.05, 4.69) is 0 Å². The maximum atomic E-state index is 11.7. The summed E-state index contributed by atoms with van der Waals surface area (Å²) < 4.78 is 35.1. The fourth-order valence-corrected chi connectivity index (χ4v) is 1.44. The molecule has 1 aliphatic heterocycles. The van der Waals surface area contributed by atoms with Crippen LogP contribution in [0.1, 0.15) is 0 Å².